The number of halogens is 1. The van der Waals surface area contributed by atoms with E-state index in [0.717, 1.165) is 6.20 Å². The fraction of sp³-hybridized carbons (Fsp3) is 0.526. The molecule has 2 atom stereocenters. The molecule has 2 unspecified atom stereocenters. The number of pyridine rings is 2. The van der Waals surface area contributed by atoms with Gasteiger partial charge in [0.05, 0.1) is 36.6 Å². The molecule has 2 bridgehead atoms. The maximum absolute atomic E-state index is 14.6. The Morgan fingerprint density at radius 1 is 1.31 bits per heavy atom. The van der Waals surface area contributed by atoms with Crippen LogP contribution in [0.1, 0.15) is 37.4 Å². The maximum Gasteiger partial charge on any atom is 0.405 e. The van der Waals surface area contributed by atoms with Crippen LogP contribution in [0.3, 0.4) is 0 Å². The molecular formula is C19H22FN3O6. The number of hydrogen-bond acceptors (Lipinski definition) is 7. The minimum absolute atomic E-state index is 0.0781. The van der Waals surface area contributed by atoms with Crippen molar-refractivity contribution in [2.45, 2.75) is 49.0 Å². The van der Waals surface area contributed by atoms with E-state index < -0.39 is 35.3 Å². The molecule has 3 fully saturated rings. The number of amides is 1. The van der Waals surface area contributed by atoms with Crippen molar-refractivity contribution < 1.29 is 34.0 Å². The second-order valence-electron chi connectivity index (χ2n) is 7.69. The molecule has 4 heterocycles. The molecule has 2 aromatic rings. The van der Waals surface area contributed by atoms with Crippen LogP contribution in [0.15, 0.2) is 18.3 Å². The van der Waals surface area contributed by atoms with Crippen LogP contribution in [-0.4, -0.2) is 62.3 Å². The first-order valence-corrected chi connectivity index (χ1v) is 9.30. The third-order valence-electron chi connectivity index (χ3n) is 6.08. The predicted molar refractivity (Wildman–Crippen MR) is 98.1 cm³/mol. The fourth-order valence-corrected chi connectivity index (χ4v) is 4.38. The number of carboxylic acid groups (broad SMARTS) is 1. The van der Waals surface area contributed by atoms with Gasteiger partial charge in [-0.15, -0.1) is 0 Å². The lowest BCUT2D eigenvalue weighted by Crippen LogP contribution is -2.66. The number of hydrogen-bond donors (Lipinski definition) is 4. The molecule has 1 aliphatic carbocycles. The summed E-state index contributed by atoms with van der Waals surface area (Å²) >= 11 is 0. The SMILES string of the molecule is COc1ccc2ncc(F)c(C(O)C(O)C34CCC(NC(=O)O)(CC3)CO4)c2n1. The first-order chi connectivity index (χ1) is 13.8. The van der Waals surface area contributed by atoms with Gasteiger partial charge < -0.3 is 30.1 Å². The van der Waals surface area contributed by atoms with Crippen molar-refractivity contribution in [2.24, 2.45) is 0 Å². The summed E-state index contributed by atoms with van der Waals surface area (Å²) in [6, 6.07) is 3.16. The number of aliphatic hydroxyl groups excluding tert-OH is 2. The Kier molecular flexibility index (Phi) is 4.80. The van der Waals surface area contributed by atoms with Gasteiger partial charge in [-0.2, -0.15) is 0 Å². The van der Waals surface area contributed by atoms with E-state index >= 15 is 0 Å². The number of ether oxygens (including phenoxy) is 2. The van der Waals surface area contributed by atoms with Gasteiger partial charge in [0, 0.05) is 11.6 Å². The summed E-state index contributed by atoms with van der Waals surface area (Å²) < 4.78 is 25.6. The number of fused-ring (bicyclic) bond motifs is 4. The molecule has 156 valence electrons. The van der Waals surface area contributed by atoms with Gasteiger partial charge in [0.15, 0.2) is 0 Å². The molecule has 9 nitrogen and oxygen atoms in total. The summed E-state index contributed by atoms with van der Waals surface area (Å²) in [5.41, 5.74) is -1.51. The highest BCUT2D eigenvalue weighted by Gasteiger charge is 2.55. The summed E-state index contributed by atoms with van der Waals surface area (Å²) in [4.78, 5) is 19.2. The highest BCUT2D eigenvalue weighted by atomic mass is 19.1. The number of aliphatic hydroxyl groups is 2. The van der Waals surface area contributed by atoms with Crippen LogP contribution in [0.5, 0.6) is 5.88 Å². The molecule has 0 spiro atoms. The average Bonchev–Trinajstić information content (AvgIpc) is 2.72. The van der Waals surface area contributed by atoms with Crippen LogP contribution in [0.4, 0.5) is 9.18 Å². The van der Waals surface area contributed by atoms with Gasteiger partial charge in [0.2, 0.25) is 5.88 Å². The summed E-state index contributed by atoms with van der Waals surface area (Å²) in [5, 5.41) is 33.5. The monoisotopic (exact) mass is 407 g/mol. The van der Waals surface area contributed by atoms with Crippen molar-refractivity contribution in [1.82, 2.24) is 15.3 Å². The van der Waals surface area contributed by atoms with E-state index in [-0.39, 0.29) is 23.6 Å². The van der Waals surface area contributed by atoms with Crippen LogP contribution in [0.2, 0.25) is 0 Å². The second-order valence-corrected chi connectivity index (χ2v) is 7.69. The van der Waals surface area contributed by atoms with Crippen LogP contribution < -0.4 is 10.1 Å². The number of rotatable bonds is 5. The zero-order valence-electron chi connectivity index (χ0n) is 15.8. The van der Waals surface area contributed by atoms with Crippen LogP contribution in [0, 0.1) is 5.82 Å². The first kappa shape index (κ1) is 19.7. The lowest BCUT2D eigenvalue weighted by atomic mass is 9.67. The average molecular weight is 407 g/mol. The molecule has 1 saturated carbocycles. The molecule has 5 rings (SSSR count). The second kappa shape index (κ2) is 7.05. The van der Waals surface area contributed by atoms with Crippen molar-refractivity contribution in [3.05, 3.63) is 29.7 Å². The summed E-state index contributed by atoms with van der Waals surface area (Å²) in [6.07, 6.45) is -1.64. The van der Waals surface area contributed by atoms with Gasteiger partial charge in [-0.3, -0.25) is 4.98 Å². The van der Waals surface area contributed by atoms with Crippen molar-refractivity contribution >= 4 is 17.1 Å². The van der Waals surface area contributed by atoms with Gasteiger partial charge in [0.25, 0.3) is 0 Å². The molecular weight excluding hydrogens is 385 g/mol. The minimum atomic E-state index is -1.61. The van der Waals surface area contributed by atoms with E-state index in [1.54, 1.807) is 12.1 Å². The van der Waals surface area contributed by atoms with Crippen LogP contribution in [-0.2, 0) is 4.74 Å². The van der Waals surface area contributed by atoms with E-state index in [4.69, 9.17) is 14.6 Å². The highest BCUT2D eigenvalue weighted by molar-refractivity contribution is 5.79. The van der Waals surface area contributed by atoms with Gasteiger partial charge in [-0.05, 0) is 31.7 Å². The Hall–Kier alpha value is -2.56. The van der Waals surface area contributed by atoms with Crippen LogP contribution >= 0.6 is 0 Å². The normalized spacial score (nSPS) is 28.1. The van der Waals surface area contributed by atoms with Gasteiger partial charge in [-0.25, -0.2) is 14.2 Å². The number of methoxy groups -OCH3 is 1. The van der Waals surface area contributed by atoms with Gasteiger partial charge >= 0.3 is 6.09 Å². The largest absolute Gasteiger partial charge is 0.481 e. The Morgan fingerprint density at radius 2 is 2.03 bits per heavy atom. The molecule has 29 heavy (non-hydrogen) atoms. The summed E-state index contributed by atoms with van der Waals surface area (Å²) in [7, 11) is 1.42. The third kappa shape index (κ3) is 3.26. The predicted octanol–water partition coefficient (Wildman–Crippen LogP) is 1.52. The molecule has 1 amide bonds. The van der Waals surface area contributed by atoms with Crippen molar-refractivity contribution in [3.63, 3.8) is 0 Å². The lowest BCUT2D eigenvalue weighted by molar-refractivity contribution is -0.227. The summed E-state index contributed by atoms with van der Waals surface area (Å²) in [6.45, 7) is 0.0781. The molecule has 4 N–H and O–H groups in total. The van der Waals surface area contributed by atoms with E-state index in [1.807, 2.05) is 0 Å². The number of nitrogens with one attached hydrogen (secondary N) is 1. The lowest BCUT2D eigenvalue weighted by Gasteiger charge is -2.55. The highest BCUT2D eigenvalue weighted by Crippen LogP contribution is 2.48. The molecule has 3 aliphatic rings. The molecule has 0 radical (unpaired) electrons. The summed E-state index contributed by atoms with van der Waals surface area (Å²) in [5.74, 6) is -0.572. The molecule has 10 heteroatoms. The van der Waals surface area contributed by atoms with E-state index in [2.05, 4.69) is 15.3 Å². The van der Waals surface area contributed by atoms with E-state index in [0.29, 0.717) is 31.2 Å². The van der Waals surface area contributed by atoms with Crippen molar-refractivity contribution in [1.29, 1.82) is 0 Å². The van der Waals surface area contributed by atoms with Crippen molar-refractivity contribution in [3.8, 4) is 5.88 Å². The zero-order valence-corrected chi connectivity index (χ0v) is 15.8. The maximum atomic E-state index is 14.6. The first-order valence-electron chi connectivity index (χ1n) is 9.30. The van der Waals surface area contributed by atoms with Crippen molar-refractivity contribution in [2.75, 3.05) is 13.7 Å². The number of carbonyl (C=O) groups is 1. The third-order valence-corrected chi connectivity index (χ3v) is 6.08. The Morgan fingerprint density at radius 3 is 2.62 bits per heavy atom. The Labute approximate surface area is 165 Å². The fourth-order valence-electron chi connectivity index (χ4n) is 4.38. The van der Waals surface area contributed by atoms with E-state index in [9.17, 15) is 19.4 Å². The standard InChI is InChI=1S/C19H22FN3O6/c1-28-12-3-2-11-14(22-12)13(10(20)8-21-11)15(24)16(25)19-6-4-18(5-7-19,9-29-19)23-17(26)27/h2-3,8,15-16,23-25H,4-7,9H2,1H3,(H,26,27). The molecule has 0 aromatic carbocycles. The zero-order chi connectivity index (χ0) is 20.8. The quantitative estimate of drug-likeness (QED) is 0.586. The molecule has 2 aromatic heterocycles. The molecule has 2 saturated heterocycles. The Bertz CT molecular complexity index is 930. The van der Waals surface area contributed by atoms with Crippen LogP contribution in [0.25, 0.3) is 11.0 Å². The van der Waals surface area contributed by atoms with Gasteiger partial charge in [0.1, 0.15) is 23.5 Å². The Balaban J connectivity index is 1.65. The van der Waals surface area contributed by atoms with E-state index in [1.165, 1.54) is 7.11 Å². The smallest absolute Gasteiger partial charge is 0.405 e. The minimum Gasteiger partial charge on any atom is -0.481 e. The number of nitrogens with zero attached hydrogens (tertiary/aromatic N) is 2. The topological polar surface area (TPSA) is 134 Å². The number of aromatic nitrogens is 2. The van der Waals surface area contributed by atoms with Gasteiger partial charge in [-0.1, -0.05) is 0 Å². The molecule has 2 aliphatic heterocycles.